The number of hydrogen-bond acceptors (Lipinski definition) is 4. The molecule has 0 saturated carbocycles. The van der Waals surface area contributed by atoms with E-state index in [9.17, 15) is 10.1 Å². The Bertz CT molecular complexity index is 338. The van der Waals surface area contributed by atoms with Crippen molar-refractivity contribution >= 4 is 11.8 Å². The molecule has 0 saturated heterocycles. The monoisotopic (exact) mass is 181 g/mol. The molecule has 0 amide bonds. The summed E-state index contributed by atoms with van der Waals surface area (Å²) in [6.45, 7) is 0. The largest absolute Gasteiger partial charge is 0.481 e. The van der Waals surface area contributed by atoms with Gasteiger partial charge >= 0.3 is 0 Å². The van der Waals surface area contributed by atoms with E-state index in [4.69, 9.17) is 10.2 Å². The van der Waals surface area contributed by atoms with Crippen LogP contribution in [0.5, 0.6) is 0 Å². The first-order valence-corrected chi connectivity index (χ1v) is 3.43. The molecule has 0 unspecified atom stereocenters. The molecule has 1 rings (SSSR count). The maximum absolute atomic E-state index is 10.2. The van der Waals surface area contributed by atoms with Crippen LogP contribution in [0.4, 0.5) is 5.69 Å². The minimum Gasteiger partial charge on any atom is -0.481 e. The SMILES string of the molecule is O=[N+]([O-])c1ccc(C=C(O)O)cc1. The summed E-state index contributed by atoms with van der Waals surface area (Å²) in [7, 11) is 0. The van der Waals surface area contributed by atoms with Crippen molar-refractivity contribution in [2.24, 2.45) is 0 Å². The molecule has 1 aromatic rings. The number of aliphatic hydroxyl groups excluding tert-OH is 1. The van der Waals surface area contributed by atoms with Gasteiger partial charge < -0.3 is 10.2 Å². The first kappa shape index (κ1) is 9.05. The number of nitrogens with zero attached hydrogens (tertiary/aromatic N) is 1. The summed E-state index contributed by atoms with van der Waals surface area (Å²) in [6, 6.07) is 5.42. The predicted molar refractivity (Wildman–Crippen MR) is 46.3 cm³/mol. The number of rotatable bonds is 2. The summed E-state index contributed by atoms with van der Waals surface area (Å²) in [6.07, 6.45) is 1.09. The van der Waals surface area contributed by atoms with Gasteiger partial charge in [-0.2, -0.15) is 0 Å². The van der Waals surface area contributed by atoms with Gasteiger partial charge in [-0.05, 0) is 17.7 Å². The van der Waals surface area contributed by atoms with Crippen LogP contribution in [0, 0.1) is 10.1 Å². The van der Waals surface area contributed by atoms with Crippen molar-refractivity contribution in [1.29, 1.82) is 0 Å². The Morgan fingerprint density at radius 1 is 1.31 bits per heavy atom. The predicted octanol–water partition coefficient (Wildman–Crippen LogP) is 2.01. The van der Waals surface area contributed by atoms with E-state index in [1.54, 1.807) is 0 Å². The molecule has 0 atom stereocenters. The van der Waals surface area contributed by atoms with E-state index in [2.05, 4.69) is 0 Å². The van der Waals surface area contributed by atoms with Crippen LogP contribution in [0.15, 0.2) is 30.2 Å². The topological polar surface area (TPSA) is 83.6 Å². The average Bonchev–Trinajstić information content (AvgIpc) is 2.04. The molecule has 0 radical (unpaired) electrons. The van der Waals surface area contributed by atoms with E-state index in [0.717, 1.165) is 6.08 Å². The van der Waals surface area contributed by atoms with Crippen LogP contribution in [0.3, 0.4) is 0 Å². The lowest BCUT2D eigenvalue weighted by Gasteiger charge is -1.93. The molecular weight excluding hydrogens is 174 g/mol. The zero-order valence-corrected chi connectivity index (χ0v) is 6.54. The highest BCUT2D eigenvalue weighted by molar-refractivity contribution is 5.51. The smallest absolute Gasteiger partial charge is 0.274 e. The summed E-state index contributed by atoms with van der Waals surface area (Å²) in [5.41, 5.74) is 0.458. The van der Waals surface area contributed by atoms with Crippen molar-refractivity contribution in [3.63, 3.8) is 0 Å². The van der Waals surface area contributed by atoms with Gasteiger partial charge in [0.1, 0.15) is 0 Å². The second kappa shape index (κ2) is 3.57. The van der Waals surface area contributed by atoms with Gasteiger partial charge in [0.2, 0.25) is 0 Å². The minimum atomic E-state index is -0.825. The van der Waals surface area contributed by atoms with E-state index in [-0.39, 0.29) is 5.69 Å². The van der Waals surface area contributed by atoms with Crippen LogP contribution < -0.4 is 0 Å². The van der Waals surface area contributed by atoms with Gasteiger partial charge in [0, 0.05) is 18.2 Å². The van der Waals surface area contributed by atoms with Crippen molar-refractivity contribution in [2.45, 2.75) is 0 Å². The molecule has 2 N–H and O–H groups in total. The molecule has 0 aliphatic heterocycles. The maximum atomic E-state index is 10.2. The summed E-state index contributed by atoms with van der Waals surface area (Å²) in [5.74, 6) is -0.825. The quantitative estimate of drug-likeness (QED) is 0.415. The Morgan fingerprint density at radius 3 is 2.23 bits per heavy atom. The van der Waals surface area contributed by atoms with Gasteiger partial charge in [-0.3, -0.25) is 10.1 Å². The van der Waals surface area contributed by atoms with Crippen molar-refractivity contribution in [2.75, 3.05) is 0 Å². The van der Waals surface area contributed by atoms with Crippen LogP contribution in [-0.2, 0) is 0 Å². The Labute approximate surface area is 73.7 Å². The normalized spacial score (nSPS) is 9.23. The molecule has 0 aromatic heterocycles. The molecule has 68 valence electrons. The van der Waals surface area contributed by atoms with Gasteiger partial charge in [0.05, 0.1) is 4.92 Å². The van der Waals surface area contributed by atoms with Crippen molar-refractivity contribution in [3.05, 3.63) is 45.9 Å². The van der Waals surface area contributed by atoms with Crippen LogP contribution in [0.2, 0.25) is 0 Å². The second-order valence-electron chi connectivity index (χ2n) is 2.35. The van der Waals surface area contributed by atoms with Crippen molar-refractivity contribution in [1.82, 2.24) is 0 Å². The number of nitro groups is 1. The zero-order chi connectivity index (χ0) is 9.84. The fourth-order valence-corrected chi connectivity index (χ4v) is 0.841. The van der Waals surface area contributed by atoms with Gasteiger partial charge in [-0.15, -0.1) is 0 Å². The summed E-state index contributed by atoms with van der Waals surface area (Å²) in [4.78, 5) is 9.70. The highest BCUT2D eigenvalue weighted by Crippen LogP contribution is 2.13. The van der Waals surface area contributed by atoms with Crippen LogP contribution >= 0.6 is 0 Å². The lowest BCUT2D eigenvalue weighted by Crippen LogP contribution is -1.87. The number of nitro benzene ring substituents is 1. The fraction of sp³-hybridized carbons (Fsp3) is 0. The maximum Gasteiger partial charge on any atom is 0.274 e. The van der Waals surface area contributed by atoms with E-state index in [0.29, 0.717) is 5.56 Å². The Kier molecular flexibility index (Phi) is 2.49. The van der Waals surface area contributed by atoms with E-state index in [1.807, 2.05) is 0 Å². The standard InChI is InChI=1S/C8H7NO4/c10-8(11)5-6-1-3-7(4-2-6)9(12)13/h1-5,10-11H. The Morgan fingerprint density at radius 2 is 1.85 bits per heavy atom. The third-order valence-electron chi connectivity index (χ3n) is 1.40. The Hall–Kier alpha value is -2.04. The molecule has 1 aromatic carbocycles. The molecule has 0 spiro atoms. The molecule has 0 aliphatic rings. The number of non-ortho nitro benzene ring substituents is 1. The molecule has 5 nitrogen and oxygen atoms in total. The lowest BCUT2D eigenvalue weighted by molar-refractivity contribution is -0.384. The average molecular weight is 181 g/mol. The van der Waals surface area contributed by atoms with Gasteiger partial charge in [-0.25, -0.2) is 0 Å². The molecular formula is C8H7NO4. The first-order chi connectivity index (χ1) is 6.09. The number of hydrogen-bond donors (Lipinski definition) is 2. The zero-order valence-electron chi connectivity index (χ0n) is 6.54. The third kappa shape index (κ3) is 2.48. The summed E-state index contributed by atoms with van der Waals surface area (Å²) < 4.78 is 0. The summed E-state index contributed by atoms with van der Waals surface area (Å²) >= 11 is 0. The van der Waals surface area contributed by atoms with Crippen LogP contribution in [0.1, 0.15) is 5.56 Å². The molecule has 0 heterocycles. The molecule has 0 fully saturated rings. The molecule has 13 heavy (non-hydrogen) atoms. The number of benzene rings is 1. The Balaban J connectivity index is 2.94. The first-order valence-electron chi connectivity index (χ1n) is 3.43. The van der Waals surface area contributed by atoms with E-state index in [1.165, 1.54) is 24.3 Å². The fourth-order valence-electron chi connectivity index (χ4n) is 0.841. The molecule has 5 heteroatoms. The second-order valence-corrected chi connectivity index (χ2v) is 2.35. The van der Waals surface area contributed by atoms with Crippen molar-refractivity contribution < 1.29 is 15.1 Å². The van der Waals surface area contributed by atoms with Crippen LogP contribution in [0.25, 0.3) is 6.08 Å². The molecule has 0 aliphatic carbocycles. The van der Waals surface area contributed by atoms with Gasteiger partial charge in [-0.1, -0.05) is 0 Å². The highest BCUT2D eigenvalue weighted by atomic mass is 16.6. The van der Waals surface area contributed by atoms with Gasteiger partial charge in [0.15, 0.2) is 0 Å². The van der Waals surface area contributed by atoms with E-state index < -0.39 is 10.9 Å². The number of aliphatic hydroxyl groups is 2. The van der Waals surface area contributed by atoms with Crippen molar-refractivity contribution in [3.8, 4) is 0 Å². The lowest BCUT2D eigenvalue weighted by atomic mass is 10.2. The van der Waals surface area contributed by atoms with Crippen LogP contribution in [-0.4, -0.2) is 15.1 Å². The highest BCUT2D eigenvalue weighted by Gasteiger charge is 2.02. The minimum absolute atomic E-state index is 0.0328. The summed E-state index contributed by atoms with van der Waals surface area (Å²) in [5, 5.41) is 27.2. The van der Waals surface area contributed by atoms with Gasteiger partial charge in [0.25, 0.3) is 11.6 Å². The van der Waals surface area contributed by atoms with E-state index >= 15 is 0 Å². The molecule has 0 bridgehead atoms. The third-order valence-corrected chi connectivity index (χ3v) is 1.40.